The maximum Gasteiger partial charge on any atom is 0.341 e. The number of anilines is 2. The largest absolute Gasteiger partial charge is 0.497 e. The number of aromatic nitrogens is 4. The number of benzene rings is 2. The highest BCUT2D eigenvalue weighted by Gasteiger charge is 2.19. The van der Waals surface area contributed by atoms with E-state index in [4.69, 9.17) is 4.74 Å². The molecular weight excluding hydrogens is 462 g/mol. The Morgan fingerprint density at radius 3 is 2.58 bits per heavy atom. The number of carboxylic acid groups (broad SMARTS) is 1. The summed E-state index contributed by atoms with van der Waals surface area (Å²) >= 11 is 0. The van der Waals surface area contributed by atoms with Gasteiger partial charge in [-0.3, -0.25) is 5.32 Å². The minimum Gasteiger partial charge on any atom is -0.497 e. The van der Waals surface area contributed by atoms with Crippen molar-refractivity contribution >= 4 is 23.5 Å². The van der Waals surface area contributed by atoms with Crippen molar-refractivity contribution in [2.24, 2.45) is 0 Å². The molecule has 3 N–H and O–H groups in total. The second-order valence-electron chi connectivity index (χ2n) is 7.98. The number of amides is 2. The van der Waals surface area contributed by atoms with Crippen LogP contribution < -0.4 is 20.3 Å². The SMILES string of the molecule is COc1cccc(CNC(=O)Nc2nn(-c3nccc(-c4ccc(N(C)C)cc4)n3)cc2C(=O)O)c1. The van der Waals surface area contributed by atoms with E-state index in [9.17, 15) is 14.7 Å². The van der Waals surface area contributed by atoms with Crippen LogP contribution in [0.3, 0.4) is 0 Å². The Hall–Kier alpha value is -4.93. The third-order valence-corrected chi connectivity index (χ3v) is 5.29. The number of rotatable bonds is 8. The predicted octanol–water partition coefficient (Wildman–Crippen LogP) is 3.42. The first-order valence-electron chi connectivity index (χ1n) is 11.0. The molecule has 2 aromatic heterocycles. The smallest absolute Gasteiger partial charge is 0.341 e. The number of carboxylic acids is 1. The quantitative estimate of drug-likeness (QED) is 0.344. The third-order valence-electron chi connectivity index (χ3n) is 5.29. The molecule has 0 spiro atoms. The van der Waals surface area contributed by atoms with E-state index < -0.39 is 12.0 Å². The molecule has 2 aromatic carbocycles. The minimum atomic E-state index is -1.25. The Labute approximate surface area is 207 Å². The topological polar surface area (TPSA) is 134 Å². The molecule has 2 heterocycles. The summed E-state index contributed by atoms with van der Waals surface area (Å²) in [5.41, 5.74) is 3.17. The van der Waals surface area contributed by atoms with Gasteiger partial charge in [0.2, 0.25) is 0 Å². The van der Waals surface area contributed by atoms with Crippen molar-refractivity contribution in [1.29, 1.82) is 0 Å². The fourth-order valence-electron chi connectivity index (χ4n) is 3.39. The number of aromatic carboxylic acids is 1. The number of methoxy groups -OCH3 is 1. The minimum absolute atomic E-state index is 0.130. The van der Waals surface area contributed by atoms with E-state index in [1.807, 2.05) is 55.4 Å². The second-order valence-corrected chi connectivity index (χ2v) is 7.98. The van der Waals surface area contributed by atoms with Crippen molar-refractivity contribution in [2.75, 3.05) is 31.4 Å². The molecule has 0 bridgehead atoms. The Morgan fingerprint density at radius 1 is 1.11 bits per heavy atom. The molecule has 0 aliphatic heterocycles. The van der Waals surface area contributed by atoms with Crippen LogP contribution in [-0.4, -0.2) is 58.1 Å². The lowest BCUT2D eigenvalue weighted by atomic mass is 10.1. The number of hydrogen-bond donors (Lipinski definition) is 3. The van der Waals surface area contributed by atoms with Crippen molar-refractivity contribution in [2.45, 2.75) is 6.54 Å². The lowest BCUT2D eigenvalue weighted by Crippen LogP contribution is -2.29. The van der Waals surface area contributed by atoms with Crippen LogP contribution in [-0.2, 0) is 6.54 Å². The van der Waals surface area contributed by atoms with Gasteiger partial charge in [0, 0.05) is 38.1 Å². The van der Waals surface area contributed by atoms with E-state index in [2.05, 4.69) is 25.7 Å². The Kier molecular flexibility index (Phi) is 7.10. The molecule has 0 fully saturated rings. The molecule has 11 heteroatoms. The number of hydrogen-bond acceptors (Lipinski definition) is 7. The van der Waals surface area contributed by atoms with Crippen LogP contribution in [0.2, 0.25) is 0 Å². The van der Waals surface area contributed by atoms with Crippen molar-refractivity contribution in [3.05, 3.63) is 78.1 Å². The summed E-state index contributed by atoms with van der Waals surface area (Å²) in [7, 11) is 5.48. The number of carbonyl (C=O) groups excluding carboxylic acids is 1. The van der Waals surface area contributed by atoms with Crippen LogP contribution in [0.4, 0.5) is 16.3 Å². The molecule has 36 heavy (non-hydrogen) atoms. The van der Waals surface area contributed by atoms with Gasteiger partial charge in [0.15, 0.2) is 5.82 Å². The molecule has 0 saturated heterocycles. The van der Waals surface area contributed by atoms with Crippen LogP contribution in [0, 0.1) is 0 Å². The molecule has 184 valence electrons. The third kappa shape index (κ3) is 5.58. The van der Waals surface area contributed by atoms with Crippen LogP contribution in [0.15, 0.2) is 67.0 Å². The summed E-state index contributed by atoms with van der Waals surface area (Å²) in [4.78, 5) is 35.0. The lowest BCUT2D eigenvalue weighted by Gasteiger charge is -2.12. The van der Waals surface area contributed by atoms with E-state index in [1.165, 1.54) is 10.9 Å². The lowest BCUT2D eigenvalue weighted by molar-refractivity contribution is 0.0698. The zero-order chi connectivity index (χ0) is 25.7. The summed E-state index contributed by atoms with van der Waals surface area (Å²) in [6.07, 6.45) is 2.82. The van der Waals surface area contributed by atoms with E-state index >= 15 is 0 Å². The van der Waals surface area contributed by atoms with Crippen molar-refractivity contribution in [1.82, 2.24) is 25.1 Å². The van der Waals surface area contributed by atoms with Gasteiger partial charge in [0.1, 0.15) is 11.3 Å². The molecule has 0 unspecified atom stereocenters. The molecule has 0 aliphatic rings. The number of nitrogens with zero attached hydrogens (tertiary/aromatic N) is 5. The van der Waals surface area contributed by atoms with Gasteiger partial charge in [0.05, 0.1) is 19.0 Å². The Balaban J connectivity index is 1.52. The van der Waals surface area contributed by atoms with Gasteiger partial charge in [-0.2, -0.15) is 0 Å². The fraction of sp³-hybridized carbons (Fsp3) is 0.160. The van der Waals surface area contributed by atoms with Crippen LogP contribution in [0.25, 0.3) is 17.2 Å². The summed E-state index contributed by atoms with van der Waals surface area (Å²) in [6, 6.07) is 16.2. The average molecular weight is 488 g/mol. The van der Waals surface area contributed by atoms with Crippen LogP contribution in [0.5, 0.6) is 5.75 Å². The van der Waals surface area contributed by atoms with Gasteiger partial charge in [-0.25, -0.2) is 24.2 Å². The maximum atomic E-state index is 12.4. The summed E-state index contributed by atoms with van der Waals surface area (Å²) < 4.78 is 6.40. The first-order chi connectivity index (χ1) is 17.3. The maximum absolute atomic E-state index is 12.4. The fourth-order valence-corrected chi connectivity index (χ4v) is 3.39. The van der Waals surface area contributed by atoms with Crippen molar-refractivity contribution < 1.29 is 19.4 Å². The number of ether oxygens (including phenoxy) is 1. The standard InChI is InChI=1S/C25H25N7O4/c1-31(2)18-9-7-17(8-10-18)21-11-12-26-24(28-21)32-15-20(23(33)34)22(30-32)29-25(35)27-14-16-5-4-6-19(13-16)36-3/h4-13,15H,14H2,1-3H3,(H,33,34)(H2,27,29,30,35). The van der Waals surface area contributed by atoms with Gasteiger partial charge in [-0.15, -0.1) is 5.10 Å². The van der Waals surface area contributed by atoms with Gasteiger partial charge < -0.3 is 20.1 Å². The van der Waals surface area contributed by atoms with E-state index in [1.54, 1.807) is 31.5 Å². The monoisotopic (exact) mass is 487 g/mol. The summed E-state index contributed by atoms with van der Waals surface area (Å²) in [5, 5.41) is 19.0. The average Bonchev–Trinajstić information content (AvgIpc) is 3.32. The van der Waals surface area contributed by atoms with Gasteiger partial charge in [-0.05, 0) is 35.9 Å². The van der Waals surface area contributed by atoms with Crippen LogP contribution in [0.1, 0.15) is 15.9 Å². The molecule has 0 radical (unpaired) electrons. The Morgan fingerprint density at radius 2 is 1.89 bits per heavy atom. The first kappa shape index (κ1) is 24.2. The molecule has 2 amide bonds. The van der Waals surface area contributed by atoms with Gasteiger partial charge >= 0.3 is 12.0 Å². The highest BCUT2D eigenvalue weighted by molar-refractivity contribution is 5.98. The van der Waals surface area contributed by atoms with Crippen molar-refractivity contribution in [3.8, 4) is 23.0 Å². The van der Waals surface area contributed by atoms with Gasteiger partial charge in [0.25, 0.3) is 5.95 Å². The van der Waals surface area contributed by atoms with E-state index in [0.717, 1.165) is 16.8 Å². The summed E-state index contributed by atoms with van der Waals surface area (Å²) in [6.45, 7) is 0.212. The van der Waals surface area contributed by atoms with Crippen LogP contribution >= 0.6 is 0 Å². The molecule has 0 aliphatic carbocycles. The molecule has 0 saturated carbocycles. The number of carbonyl (C=O) groups is 2. The van der Waals surface area contributed by atoms with E-state index in [-0.39, 0.29) is 23.9 Å². The van der Waals surface area contributed by atoms with E-state index in [0.29, 0.717) is 11.4 Å². The molecular formula is C25H25N7O4. The first-order valence-corrected chi connectivity index (χ1v) is 11.0. The molecule has 0 atom stereocenters. The summed E-state index contributed by atoms with van der Waals surface area (Å²) in [5.74, 6) is -0.552. The van der Waals surface area contributed by atoms with Gasteiger partial charge in [-0.1, -0.05) is 24.3 Å². The predicted molar refractivity (Wildman–Crippen MR) is 135 cm³/mol. The van der Waals surface area contributed by atoms with Crippen molar-refractivity contribution in [3.63, 3.8) is 0 Å². The molecule has 4 rings (SSSR count). The number of urea groups is 1. The molecule has 4 aromatic rings. The normalized spacial score (nSPS) is 10.5. The Bertz CT molecular complexity index is 1380. The highest BCUT2D eigenvalue weighted by Crippen LogP contribution is 2.22. The number of nitrogens with one attached hydrogen (secondary N) is 2. The zero-order valence-corrected chi connectivity index (χ0v) is 20.0. The second kappa shape index (κ2) is 10.6. The highest BCUT2D eigenvalue weighted by atomic mass is 16.5. The molecule has 11 nitrogen and oxygen atoms in total. The zero-order valence-electron chi connectivity index (χ0n) is 20.0.